The van der Waals surface area contributed by atoms with Gasteiger partial charge in [-0.15, -0.1) is 0 Å². The number of carbonyl (C=O) groups is 1. The van der Waals surface area contributed by atoms with Crippen molar-refractivity contribution in [1.82, 2.24) is 10.4 Å². The Bertz CT molecular complexity index is 706. The van der Waals surface area contributed by atoms with E-state index >= 15 is 0 Å². The number of hydrogen-bond acceptors (Lipinski definition) is 7. The van der Waals surface area contributed by atoms with Crippen LogP contribution < -0.4 is 5.48 Å². The van der Waals surface area contributed by atoms with Crippen LogP contribution in [0.2, 0.25) is 0 Å². The van der Waals surface area contributed by atoms with Gasteiger partial charge in [-0.3, -0.25) is 20.4 Å². The van der Waals surface area contributed by atoms with Crippen LogP contribution in [0, 0.1) is 10.1 Å². The normalized spacial score (nSPS) is 15.1. The van der Waals surface area contributed by atoms with Gasteiger partial charge in [0.15, 0.2) is 0 Å². The zero-order valence-corrected chi connectivity index (χ0v) is 17.2. The number of hydrogen-bond donors (Lipinski definition) is 1. The highest BCUT2D eigenvalue weighted by Gasteiger charge is 2.27. The summed E-state index contributed by atoms with van der Waals surface area (Å²) in [5, 5.41) is 10.7. The zero-order chi connectivity index (χ0) is 21.4. The summed E-state index contributed by atoms with van der Waals surface area (Å²) in [5.41, 5.74) is 3.45. The number of hydroxylamine groups is 1. The fourth-order valence-electron chi connectivity index (χ4n) is 2.77. The van der Waals surface area contributed by atoms with E-state index in [1.165, 1.54) is 12.1 Å². The first-order valence-electron chi connectivity index (χ1n) is 9.57. The average molecular weight is 407 g/mol. The van der Waals surface area contributed by atoms with Crippen LogP contribution in [-0.2, 0) is 14.3 Å². The molecule has 9 heteroatoms. The first kappa shape index (κ1) is 22.6. The third-order valence-corrected chi connectivity index (χ3v) is 4.25. The Morgan fingerprint density at radius 3 is 2.41 bits per heavy atom. The molecule has 1 N–H and O–H groups in total. The number of likely N-dealkylation sites (tertiary alicyclic amines) is 1. The number of piperidine rings is 1. The van der Waals surface area contributed by atoms with Gasteiger partial charge in [0.1, 0.15) is 5.60 Å². The van der Waals surface area contributed by atoms with Gasteiger partial charge in [0, 0.05) is 25.2 Å². The molecule has 0 unspecified atom stereocenters. The molecule has 1 aromatic carbocycles. The maximum atomic E-state index is 12.0. The van der Waals surface area contributed by atoms with Crippen molar-refractivity contribution >= 4 is 17.5 Å². The van der Waals surface area contributed by atoms with Gasteiger partial charge in [-0.1, -0.05) is 6.58 Å². The lowest BCUT2D eigenvalue weighted by atomic mass is 10.1. The number of nitrogens with zero attached hydrogens (tertiary/aromatic N) is 2. The lowest BCUT2D eigenvalue weighted by Gasteiger charge is -2.33. The van der Waals surface area contributed by atoms with Crippen LogP contribution in [0.1, 0.15) is 39.2 Å². The number of nitro groups is 1. The minimum atomic E-state index is -0.493. The van der Waals surface area contributed by atoms with Crippen molar-refractivity contribution in [2.24, 2.45) is 0 Å². The topological polar surface area (TPSA) is 103 Å². The van der Waals surface area contributed by atoms with Crippen LogP contribution in [0.25, 0.3) is 5.70 Å². The smallest absolute Gasteiger partial charge is 0.410 e. The van der Waals surface area contributed by atoms with Gasteiger partial charge in [0.05, 0.1) is 29.9 Å². The quantitative estimate of drug-likeness (QED) is 0.400. The molecule has 1 saturated heterocycles. The minimum absolute atomic E-state index is 0.0218. The van der Waals surface area contributed by atoms with Gasteiger partial charge in [0.25, 0.3) is 5.69 Å². The van der Waals surface area contributed by atoms with E-state index in [0.29, 0.717) is 37.6 Å². The van der Waals surface area contributed by atoms with Crippen LogP contribution >= 0.6 is 0 Å². The van der Waals surface area contributed by atoms with Gasteiger partial charge in [-0.25, -0.2) is 4.79 Å². The first-order valence-corrected chi connectivity index (χ1v) is 9.57. The Labute approximate surface area is 170 Å². The average Bonchev–Trinajstić information content (AvgIpc) is 2.66. The molecule has 0 atom stereocenters. The van der Waals surface area contributed by atoms with E-state index in [0.717, 1.165) is 12.8 Å². The molecule has 0 saturated carbocycles. The number of carbonyl (C=O) groups excluding carboxylic acids is 1. The molecule has 9 nitrogen and oxygen atoms in total. The molecule has 0 aromatic heterocycles. The number of nitrogens with one attached hydrogen (secondary N) is 1. The van der Waals surface area contributed by atoms with Crippen LogP contribution in [0.3, 0.4) is 0 Å². The highest BCUT2D eigenvalue weighted by atomic mass is 16.7. The molecule has 2 rings (SSSR count). The molecule has 0 radical (unpaired) electrons. The van der Waals surface area contributed by atoms with Crippen molar-refractivity contribution in [2.45, 2.75) is 45.3 Å². The van der Waals surface area contributed by atoms with E-state index in [4.69, 9.17) is 14.3 Å². The molecule has 1 aliphatic heterocycles. The van der Waals surface area contributed by atoms with Gasteiger partial charge in [-0.2, -0.15) is 0 Å². The fourth-order valence-corrected chi connectivity index (χ4v) is 2.77. The summed E-state index contributed by atoms with van der Waals surface area (Å²) in [5.74, 6) is 0. The summed E-state index contributed by atoms with van der Waals surface area (Å²) in [4.78, 5) is 29.3. The molecular formula is C20H29N3O6. The van der Waals surface area contributed by atoms with E-state index in [1.54, 1.807) is 17.0 Å². The number of nitro benzene ring substituents is 1. The second-order valence-electron chi connectivity index (χ2n) is 7.77. The van der Waals surface area contributed by atoms with Crippen molar-refractivity contribution < 1.29 is 24.0 Å². The molecule has 1 amide bonds. The molecule has 1 fully saturated rings. The Morgan fingerprint density at radius 2 is 1.86 bits per heavy atom. The third kappa shape index (κ3) is 7.71. The van der Waals surface area contributed by atoms with Crippen molar-refractivity contribution in [3.63, 3.8) is 0 Å². The van der Waals surface area contributed by atoms with Gasteiger partial charge in [-0.05, 0) is 51.3 Å². The van der Waals surface area contributed by atoms with Gasteiger partial charge >= 0.3 is 6.09 Å². The maximum Gasteiger partial charge on any atom is 0.410 e. The molecule has 0 aliphatic carbocycles. The highest BCUT2D eigenvalue weighted by Crippen LogP contribution is 2.18. The van der Waals surface area contributed by atoms with Crippen LogP contribution in [0.15, 0.2) is 30.8 Å². The Morgan fingerprint density at radius 1 is 1.24 bits per heavy atom. The Balaban J connectivity index is 1.60. The van der Waals surface area contributed by atoms with Gasteiger partial charge < -0.3 is 14.4 Å². The summed E-state index contributed by atoms with van der Waals surface area (Å²) in [6.45, 7) is 11.3. The summed E-state index contributed by atoms with van der Waals surface area (Å²) in [6, 6.07) is 6.03. The number of non-ortho nitro benzene ring substituents is 1. The maximum absolute atomic E-state index is 12.0. The summed E-state index contributed by atoms with van der Waals surface area (Å²) in [6.07, 6.45) is 1.30. The largest absolute Gasteiger partial charge is 0.444 e. The molecular weight excluding hydrogens is 378 g/mol. The standard InChI is InChI=1S/C20H29N3O6/c1-15(16-5-7-17(8-6-16)23(25)26)21-28-14-13-27-18-9-11-22(12-10-18)19(24)29-20(2,3)4/h5-8,18,21H,1,9-14H2,2-4H3. The van der Waals surface area contributed by atoms with Crippen molar-refractivity contribution in [2.75, 3.05) is 26.3 Å². The molecule has 0 bridgehead atoms. The highest BCUT2D eigenvalue weighted by molar-refractivity contribution is 5.68. The van der Waals surface area contributed by atoms with E-state index in [9.17, 15) is 14.9 Å². The molecule has 160 valence electrons. The second-order valence-corrected chi connectivity index (χ2v) is 7.77. The predicted octanol–water partition coefficient (Wildman–Crippen LogP) is 3.50. The predicted molar refractivity (Wildman–Crippen MR) is 108 cm³/mol. The first-order chi connectivity index (χ1) is 13.7. The zero-order valence-electron chi connectivity index (χ0n) is 17.2. The molecule has 0 spiro atoms. The van der Waals surface area contributed by atoms with Crippen LogP contribution in [-0.4, -0.2) is 53.9 Å². The summed E-state index contributed by atoms with van der Waals surface area (Å²) < 4.78 is 11.2. The minimum Gasteiger partial charge on any atom is -0.444 e. The van der Waals surface area contributed by atoms with Crippen LogP contribution in [0.4, 0.5) is 10.5 Å². The summed E-state index contributed by atoms with van der Waals surface area (Å²) >= 11 is 0. The molecule has 1 heterocycles. The van der Waals surface area contributed by atoms with E-state index < -0.39 is 10.5 Å². The monoisotopic (exact) mass is 407 g/mol. The van der Waals surface area contributed by atoms with Crippen molar-refractivity contribution in [3.8, 4) is 0 Å². The fraction of sp³-hybridized carbons (Fsp3) is 0.550. The van der Waals surface area contributed by atoms with E-state index in [-0.39, 0.29) is 17.9 Å². The second kappa shape index (κ2) is 10.2. The Kier molecular flexibility index (Phi) is 7.98. The number of benzene rings is 1. The van der Waals surface area contributed by atoms with E-state index in [2.05, 4.69) is 12.1 Å². The Hall–Kier alpha value is -2.65. The number of ether oxygens (including phenoxy) is 2. The number of rotatable bonds is 8. The molecule has 1 aromatic rings. The van der Waals surface area contributed by atoms with Crippen molar-refractivity contribution in [3.05, 3.63) is 46.5 Å². The lowest BCUT2D eigenvalue weighted by molar-refractivity contribution is -0.384. The van der Waals surface area contributed by atoms with Gasteiger partial charge in [0.2, 0.25) is 0 Å². The lowest BCUT2D eigenvalue weighted by Crippen LogP contribution is -2.43. The SMILES string of the molecule is C=C(NOCCOC1CCN(C(=O)OC(C)(C)C)CC1)c1ccc([N+](=O)[O-])cc1. The van der Waals surface area contributed by atoms with Crippen LogP contribution in [0.5, 0.6) is 0 Å². The third-order valence-electron chi connectivity index (χ3n) is 4.25. The van der Waals surface area contributed by atoms with Crippen molar-refractivity contribution in [1.29, 1.82) is 0 Å². The molecule has 1 aliphatic rings. The van der Waals surface area contributed by atoms with E-state index in [1.807, 2.05) is 20.8 Å². The number of amides is 1. The molecule has 29 heavy (non-hydrogen) atoms. The summed E-state index contributed by atoms with van der Waals surface area (Å²) in [7, 11) is 0.